The smallest absolute Gasteiger partial charge is 0.304 e. The molecule has 9 heteroatoms. The van der Waals surface area contributed by atoms with Crippen molar-refractivity contribution in [2.24, 2.45) is 0 Å². The number of benzene rings is 2. The maximum absolute atomic E-state index is 13.5. The van der Waals surface area contributed by atoms with Gasteiger partial charge in [0.1, 0.15) is 5.82 Å². The Kier molecular flexibility index (Phi) is 6.39. The molecule has 4 rings (SSSR count). The third-order valence-electron chi connectivity index (χ3n) is 6.20. The molecule has 1 saturated heterocycles. The van der Waals surface area contributed by atoms with E-state index < -0.39 is 10.2 Å². The van der Waals surface area contributed by atoms with Gasteiger partial charge in [-0.05, 0) is 54.3 Å². The minimum Gasteiger partial charge on any atom is -0.368 e. The van der Waals surface area contributed by atoms with Crippen molar-refractivity contribution in [2.75, 3.05) is 49.0 Å². The van der Waals surface area contributed by atoms with Crippen molar-refractivity contribution in [1.82, 2.24) is 9.21 Å². The van der Waals surface area contributed by atoms with Gasteiger partial charge in [-0.2, -0.15) is 12.7 Å². The Labute approximate surface area is 189 Å². The van der Waals surface area contributed by atoms with Crippen molar-refractivity contribution in [2.45, 2.75) is 26.3 Å². The van der Waals surface area contributed by atoms with Gasteiger partial charge in [0.2, 0.25) is 5.91 Å². The fourth-order valence-corrected chi connectivity index (χ4v) is 5.84. The Hall–Kier alpha value is -2.65. The lowest BCUT2D eigenvalue weighted by atomic mass is 10.0. The molecule has 2 aliphatic heterocycles. The topological polar surface area (TPSA) is 64.2 Å². The summed E-state index contributed by atoms with van der Waals surface area (Å²) < 4.78 is 42.9. The number of carbonyl (C=O) groups is 1. The number of hydrogen-bond acceptors (Lipinski definition) is 4. The number of piperazine rings is 1. The van der Waals surface area contributed by atoms with Crippen LogP contribution in [0.1, 0.15) is 24.5 Å². The first-order valence-corrected chi connectivity index (χ1v) is 12.3. The summed E-state index contributed by atoms with van der Waals surface area (Å²) in [4.78, 5) is 15.7. The summed E-state index contributed by atoms with van der Waals surface area (Å²) in [6.45, 7) is 5.02. The first-order chi connectivity index (χ1) is 15.3. The van der Waals surface area contributed by atoms with E-state index in [4.69, 9.17) is 0 Å². The second-order valence-corrected chi connectivity index (χ2v) is 10.3. The largest absolute Gasteiger partial charge is 0.368 e. The third-order valence-corrected chi connectivity index (χ3v) is 8.05. The number of halogens is 1. The molecule has 0 atom stereocenters. The molecule has 0 bridgehead atoms. The molecule has 2 aromatic rings. The van der Waals surface area contributed by atoms with Crippen LogP contribution in [-0.4, -0.2) is 63.3 Å². The Morgan fingerprint density at radius 3 is 2.50 bits per heavy atom. The van der Waals surface area contributed by atoms with Crippen molar-refractivity contribution in [3.8, 4) is 0 Å². The summed E-state index contributed by atoms with van der Waals surface area (Å²) in [7, 11) is -2.23. The van der Waals surface area contributed by atoms with Gasteiger partial charge in [0.15, 0.2) is 0 Å². The van der Waals surface area contributed by atoms with Crippen LogP contribution in [0.4, 0.5) is 15.8 Å². The van der Waals surface area contributed by atoms with Crippen LogP contribution in [0.25, 0.3) is 0 Å². The molecule has 0 saturated carbocycles. The van der Waals surface area contributed by atoms with Crippen molar-refractivity contribution < 1.29 is 17.6 Å². The lowest BCUT2D eigenvalue weighted by molar-refractivity contribution is -0.129. The fourth-order valence-electron chi connectivity index (χ4n) is 4.41. The summed E-state index contributed by atoms with van der Waals surface area (Å²) in [6, 6.07) is 11.9. The minimum absolute atomic E-state index is 0.0956. The normalized spacial score (nSPS) is 16.9. The van der Waals surface area contributed by atoms with Crippen LogP contribution in [0.15, 0.2) is 42.5 Å². The van der Waals surface area contributed by atoms with Crippen LogP contribution in [0, 0.1) is 5.82 Å². The van der Waals surface area contributed by atoms with E-state index in [0.29, 0.717) is 30.9 Å². The summed E-state index contributed by atoms with van der Waals surface area (Å²) in [5, 5.41) is 0. The Morgan fingerprint density at radius 2 is 1.81 bits per heavy atom. The number of hydrogen-bond donors (Lipinski definition) is 0. The van der Waals surface area contributed by atoms with Gasteiger partial charge in [0.25, 0.3) is 0 Å². The summed E-state index contributed by atoms with van der Waals surface area (Å²) in [5.41, 5.74) is 3.37. The second kappa shape index (κ2) is 9.07. The van der Waals surface area contributed by atoms with Crippen molar-refractivity contribution in [3.05, 3.63) is 59.4 Å². The Balaban J connectivity index is 1.52. The molecule has 0 aliphatic carbocycles. The molecule has 2 heterocycles. The molecule has 0 N–H and O–H groups in total. The zero-order valence-corrected chi connectivity index (χ0v) is 19.3. The highest BCUT2D eigenvalue weighted by molar-refractivity contribution is 7.90. The summed E-state index contributed by atoms with van der Waals surface area (Å²) in [5.74, 6) is -0.286. The number of aryl methyl sites for hydroxylation is 1. The van der Waals surface area contributed by atoms with E-state index in [9.17, 15) is 17.6 Å². The highest BCUT2D eigenvalue weighted by Gasteiger charge is 2.31. The fraction of sp³-hybridized carbons (Fsp3) is 0.435. The number of fused-ring (bicyclic) bond motifs is 1. The number of anilines is 2. The molecule has 1 fully saturated rings. The number of carbonyl (C=O) groups excluding carboxylic acids is 1. The monoisotopic (exact) mass is 460 g/mol. The first-order valence-electron chi connectivity index (χ1n) is 10.9. The molecule has 0 aromatic heterocycles. The van der Waals surface area contributed by atoms with Crippen LogP contribution in [0.3, 0.4) is 0 Å². The highest BCUT2D eigenvalue weighted by Crippen LogP contribution is 2.34. The van der Waals surface area contributed by atoms with Crippen molar-refractivity contribution in [3.63, 3.8) is 0 Å². The zero-order valence-electron chi connectivity index (χ0n) is 18.5. The average Bonchev–Trinajstić information content (AvgIpc) is 2.78. The van der Waals surface area contributed by atoms with E-state index in [-0.39, 0.29) is 18.3 Å². The van der Waals surface area contributed by atoms with Gasteiger partial charge in [0, 0.05) is 58.9 Å². The van der Waals surface area contributed by atoms with E-state index in [0.717, 1.165) is 37.2 Å². The van der Waals surface area contributed by atoms with Crippen LogP contribution < -0.4 is 9.21 Å². The molecule has 172 valence electrons. The molecule has 7 nitrogen and oxygen atoms in total. The van der Waals surface area contributed by atoms with Gasteiger partial charge in [0.05, 0.1) is 5.69 Å². The summed E-state index contributed by atoms with van der Waals surface area (Å²) >= 11 is 0. The highest BCUT2D eigenvalue weighted by atomic mass is 32.2. The van der Waals surface area contributed by atoms with Gasteiger partial charge in [-0.1, -0.05) is 12.1 Å². The molecule has 0 unspecified atom stereocenters. The molecule has 32 heavy (non-hydrogen) atoms. The minimum atomic E-state index is -3.75. The van der Waals surface area contributed by atoms with Gasteiger partial charge in [-0.15, -0.1) is 0 Å². The van der Waals surface area contributed by atoms with Crippen molar-refractivity contribution >= 4 is 27.5 Å². The quantitative estimate of drug-likeness (QED) is 0.688. The molecular formula is C23H29FN4O3S. The van der Waals surface area contributed by atoms with E-state index in [1.165, 1.54) is 27.8 Å². The van der Waals surface area contributed by atoms with Gasteiger partial charge < -0.3 is 9.80 Å². The molecule has 0 spiro atoms. The molecular weight excluding hydrogens is 431 g/mol. The second-order valence-electron chi connectivity index (χ2n) is 8.38. The van der Waals surface area contributed by atoms with Crippen LogP contribution >= 0.6 is 0 Å². The SMILES string of the molecule is CC(=O)N1CCN(c2ccc3c(c2)CCCN3S(=O)(=O)N(C)Cc2cccc(F)c2)CC1. The van der Waals surface area contributed by atoms with Gasteiger partial charge >= 0.3 is 10.2 Å². The third kappa shape index (κ3) is 4.59. The van der Waals surface area contributed by atoms with Crippen LogP contribution in [0.2, 0.25) is 0 Å². The van der Waals surface area contributed by atoms with E-state index in [1.807, 2.05) is 17.0 Å². The predicted octanol–water partition coefficient (Wildman–Crippen LogP) is 2.62. The van der Waals surface area contributed by atoms with Crippen LogP contribution in [-0.2, 0) is 28.0 Å². The Morgan fingerprint density at radius 1 is 1.06 bits per heavy atom. The average molecular weight is 461 g/mol. The number of amides is 1. The lowest BCUT2D eigenvalue weighted by Gasteiger charge is -2.37. The molecule has 2 aliphatic rings. The molecule has 2 aromatic carbocycles. The standard InChI is InChI=1S/C23H29FN4O3S/c1-18(29)26-11-13-27(14-12-26)22-8-9-23-20(16-22)6-4-10-28(23)32(30,31)25(2)17-19-5-3-7-21(24)15-19/h3,5,7-9,15-16H,4,6,10-14,17H2,1-2H3. The lowest BCUT2D eigenvalue weighted by Crippen LogP contribution is -2.48. The zero-order chi connectivity index (χ0) is 22.9. The van der Waals surface area contributed by atoms with Crippen LogP contribution in [0.5, 0.6) is 0 Å². The predicted molar refractivity (Wildman–Crippen MR) is 123 cm³/mol. The van der Waals surface area contributed by atoms with Gasteiger partial charge in [-0.3, -0.25) is 9.10 Å². The van der Waals surface area contributed by atoms with E-state index in [2.05, 4.69) is 11.0 Å². The number of rotatable bonds is 5. The summed E-state index contributed by atoms with van der Waals surface area (Å²) in [6.07, 6.45) is 1.55. The first kappa shape index (κ1) is 22.5. The van der Waals surface area contributed by atoms with E-state index in [1.54, 1.807) is 19.1 Å². The number of nitrogens with zero attached hydrogens (tertiary/aromatic N) is 4. The van der Waals surface area contributed by atoms with E-state index >= 15 is 0 Å². The van der Waals surface area contributed by atoms with Crippen molar-refractivity contribution in [1.29, 1.82) is 0 Å². The molecule has 0 radical (unpaired) electrons. The van der Waals surface area contributed by atoms with Gasteiger partial charge in [-0.25, -0.2) is 4.39 Å². The molecule has 1 amide bonds. The maximum Gasteiger partial charge on any atom is 0.304 e. The Bertz CT molecular complexity index is 1100. The maximum atomic E-state index is 13.5.